The maximum absolute atomic E-state index is 3.30. The Bertz CT molecular complexity index is 212. The van der Waals surface area contributed by atoms with Crippen molar-refractivity contribution in [1.29, 1.82) is 0 Å². The van der Waals surface area contributed by atoms with Crippen molar-refractivity contribution in [2.45, 2.75) is 0 Å². The fraction of sp³-hybridized carbons (Fsp3) is 0.250. The number of hydrogen-bond acceptors (Lipinski definition) is 2. The minimum absolute atomic E-state index is 0. The second kappa shape index (κ2) is 3.53. The molecule has 0 atom stereocenters. The van der Waals surface area contributed by atoms with Crippen molar-refractivity contribution in [3.05, 3.63) is 24.3 Å². The van der Waals surface area contributed by atoms with Crippen LogP contribution < -0.4 is 10.6 Å². The number of rotatable bonds is 0. The second-order valence-electron chi connectivity index (χ2n) is 2.40. The highest BCUT2D eigenvalue weighted by Crippen LogP contribution is 2.22. The average Bonchev–Trinajstić information content (AvgIpc) is 2.05. The topological polar surface area (TPSA) is 24.1 Å². The Morgan fingerprint density at radius 2 is 1.36 bits per heavy atom. The van der Waals surface area contributed by atoms with Gasteiger partial charge in [0.25, 0.3) is 0 Å². The van der Waals surface area contributed by atoms with Crippen LogP contribution in [0.2, 0.25) is 0 Å². The highest BCUT2D eigenvalue weighted by atomic mass is 32.1. The first-order valence-corrected chi connectivity index (χ1v) is 3.53. The van der Waals surface area contributed by atoms with E-state index in [0.29, 0.717) is 0 Å². The van der Waals surface area contributed by atoms with Crippen LogP contribution in [-0.2, 0) is 0 Å². The van der Waals surface area contributed by atoms with E-state index in [1.165, 1.54) is 11.4 Å². The number of fused-ring (bicyclic) bond motifs is 1. The number of benzene rings is 1. The molecule has 2 N–H and O–H groups in total. The van der Waals surface area contributed by atoms with E-state index in [1.807, 2.05) is 12.1 Å². The molecule has 0 radical (unpaired) electrons. The van der Waals surface area contributed by atoms with Crippen LogP contribution in [-0.4, -0.2) is 13.1 Å². The van der Waals surface area contributed by atoms with Crippen molar-refractivity contribution in [1.82, 2.24) is 0 Å². The molecule has 0 bridgehead atoms. The maximum atomic E-state index is 3.30. The van der Waals surface area contributed by atoms with Crippen LogP contribution in [0.5, 0.6) is 0 Å². The molecule has 1 aromatic rings. The number of anilines is 2. The summed E-state index contributed by atoms with van der Waals surface area (Å²) >= 11 is 0. The first-order chi connectivity index (χ1) is 4.97. The summed E-state index contributed by atoms with van der Waals surface area (Å²) in [5.74, 6) is 0. The van der Waals surface area contributed by atoms with Gasteiger partial charge < -0.3 is 10.6 Å². The van der Waals surface area contributed by atoms with E-state index < -0.39 is 0 Å². The van der Waals surface area contributed by atoms with Crippen LogP contribution in [0.25, 0.3) is 0 Å². The Morgan fingerprint density at radius 3 is 1.82 bits per heavy atom. The molecule has 2 nitrogen and oxygen atoms in total. The zero-order valence-corrected chi connectivity index (χ0v) is 7.22. The predicted octanol–water partition coefficient (Wildman–Crippen LogP) is 1.64. The third kappa shape index (κ3) is 1.60. The zero-order chi connectivity index (χ0) is 6.81. The van der Waals surface area contributed by atoms with E-state index in [-0.39, 0.29) is 13.5 Å². The van der Waals surface area contributed by atoms with Gasteiger partial charge in [0.1, 0.15) is 0 Å². The molecule has 3 heteroatoms. The number of para-hydroxylation sites is 2. The van der Waals surface area contributed by atoms with Gasteiger partial charge in [0.2, 0.25) is 0 Å². The van der Waals surface area contributed by atoms with Crippen molar-refractivity contribution in [3.63, 3.8) is 0 Å². The SMILES string of the molecule is S.c1ccc2c(c1)NCCN2. The molecular formula is C8H12N2S. The average molecular weight is 168 g/mol. The first kappa shape index (κ1) is 8.27. The summed E-state index contributed by atoms with van der Waals surface area (Å²) < 4.78 is 0. The largest absolute Gasteiger partial charge is 0.382 e. The first-order valence-electron chi connectivity index (χ1n) is 3.53. The molecule has 2 rings (SSSR count). The van der Waals surface area contributed by atoms with Crippen molar-refractivity contribution in [2.24, 2.45) is 0 Å². The normalized spacial score (nSPS) is 13.5. The quantitative estimate of drug-likeness (QED) is 0.615. The van der Waals surface area contributed by atoms with Gasteiger partial charge in [-0.15, -0.1) is 0 Å². The lowest BCUT2D eigenvalue weighted by molar-refractivity contribution is 1.05. The maximum Gasteiger partial charge on any atom is 0.0576 e. The highest BCUT2D eigenvalue weighted by Gasteiger charge is 2.03. The lowest BCUT2D eigenvalue weighted by Gasteiger charge is -2.18. The third-order valence-corrected chi connectivity index (χ3v) is 1.68. The minimum atomic E-state index is 0. The molecule has 0 unspecified atom stereocenters. The molecule has 0 aliphatic carbocycles. The van der Waals surface area contributed by atoms with Gasteiger partial charge in [0.15, 0.2) is 0 Å². The van der Waals surface area contributed by atoms with Gasteiger partial charge in [-0.2, -0.15) is 13.5 Å². The van der Waals surface area contributed by atoms with Crippen LogP contribution in [0.15, 0.2) is 24.3 Å². The van der Waals surface area contributed by atoms with Crippen LogP contribution in [0.4, 0.5) is 11.4 Å². The van der Waals surface area contributed by atoms with Crippen LogP contribution in [0.3, 0.4) is 0 Å². The molecule has 0 amide bonds. The van der Waals surface area contributed by atoms with E-state index in [2.05, 4.69) is 22.8 Å². The zero-order valence-electron chi connectivity index (χ0n) is 6.22. The Labute approximate surface area is 73.4 Å². The van der Waals surface area contributed by atoms with Crippen molar-refractivity contribution in [3.8, 4) is 0 Å². The summed E-state index contributed by atoms with van der Waals surface area (Å²) in [4.78, 5) is 0. The third-order valence-electron chi connectivity index (χ3n) is 1.68. The number of nitrogens with one attached hydrogen (secondary N) is 2. The van der Waals surface area contributed by atoms with Crippen LogP contribution in [0.1, 0.15) is 0 Å². The van der Waals surface area contributed by atoms with Gasteiger partial charge in [-0.1, -0.05) is 12.1 Å². The van der Waals surface area contributed by atoms with E-state index in [0.717, 1.165) is 13.1 Å². The summed E-state index contributed by atoms with van der Waals surface area (Å²) in [5, 5.41) is 6.60. The van der Waals surface area contributed by atoms with Crippen LogP contribution in [0, 0.1) is 0 Å². The summed E-state index contributed by atoms with van der Waals surface area (Å²) in [6.07, 6.45) is 0. The molecule has 1 aliphatic heterocycles. The summed E-state index contributed by atoms with van der Waals surface area (Å²) in [6.45, 7) is 2.05. The van der Waals surface area contributed by atoms with E-state index in [9.17, 15) is 0 Å². The van der Waals surface area contributed by atoms with Crippen LogP contribution >= 0.6 is 13.5 Å². The molecule has 0 saturated carbocycles. The fourth-order valence-corrected chi connectivity index (χ4v) is 1.19. The molecule has 1 aromatic carbocycles. The van der Waals surface area contributed by atoms with Gasteiger partial charge >= 0.3 is 0 Å². The summed E-state index contributed by atoms with van der Waals surface area (Å²) in [7, 11) is 0. The van der Waals surface area contributed by atoms with Gasteiger partial charge in [0.05, 0.1) is 11.4 Å². The summed E-state index contributed by atoms with van der Waals surface area (Å²) in [6, 6.07) is 8.25. The Balaban J connectivity index is 0.000000605. The molecule has 0 aromatic heterocycles. The second-order valence-corrected chi connectivity index (χ2v) is 2.40. The van der Waals surface area contributed by atoms with E-state index in [4.69, 9.17) is 0 Å². The minimum Gasteiger partial charge on any atom is -0.382 e. The molecule has 60 valence electrons. The Hall–Kier alpha value is -0.830. The monoisotopic (exact) mass is 168 g/mol. The molecule has 0 spiro atoms. The summed E-state index contributed by atoms with van der Waals surface area (Å²) in [5.41, 5.74) is 2.43. The standard InChI is InChI=1S/C8H10N2.H2S/c1-2-4-8-7(3-1)9-5-6-10-8;/h1-4,9-10H,5-6H2;1H2. The lowest BCUT2D eigenvalue weighted by Crippen LogP contribution is -2.19. The van der Waals surface area contributed by atoms with E-state index in [1.54, 1.807) is 0 Å². The number of hydrogen-bond donors (Lipinski definition) is 2. The van der Waals surface area contributed by atoms with Crippen molar-refractivity contribution in [2.75, 3.05) is 23.7 Å². The fourth-order valence-electron chi connectivity index (χ4n) is 1.19. The van der Waals surface area contributed by atoms with Gasteiger partial charge in [0, 0.05) is 13.1 Å². The Kier molecular flexibility index (Phi) is 2.65. The van der Waals surface area contributed by atoms with Gasteiger partial charge in [-0.05, 0) is 12.1 Å². The molecular weight excluding hydrogens is 156 g/mol. The van der Waals surface area contributed by atoms with Crippen molar-refractivity contribution >= 4 is 24.9 Å². The van der Waals surface area contributed by atoms with Crippen molar-refractivity contribution < 1.29 is 0 Å². The highest BCUT2D eigenvalue weighted by molar-refractivity contribution is 7.59. The Morgan fingerprint density at radius 1 is 0.909 bits per heavy atom. The molecule has 11 heavy (non-hydrogen) atoms. The van der Waals surface area contributed by atoms with E-state index >= 15 is 0 Å². The lowest BCUT2D eigenvalue weighted by atomic mass is 10.2. The predicted molar refractivity (Wildman–Crippen MR) is 53.8 cm³/mol. The molecule has 0 saturated heterocycles. The molecule has 1 aliphatic rings. The molecule has 0 fully saturated rings. The smallest absolute Gasteiger partial charge is 0.0576 e. The van der Waals surface area contributed by atoms with Gasteiger partial charge in [-0.25, -0.2) is 0 Å². The van der Waals surface area contributed by atoms with Gasteiger partial charge in [-0.3, -0.25) is 0 Å². The molecule has 1 heterocycles.